The van der Waals surface area contributed by atoms with E-state index >= 15 is 0 Å². The first kappa shape index (κ1) is 15.5. The summed E-state index contributed by atoms with van der Waals surface area (Å²) < 4.78 is 5.51. The maximum atomic E-state index is 12.0. The van der Waals surface area contributed by atoms with Crippen molar-refractivity contribution in [1.29, 1.82) is 0 Å². The number of Topliss-reactive ketones (excluding diaryl/α,β-unsaturated/α-hetero) is 1. The first-order valence-electron chi connectivity index (χ1n) is 6.63. The molecule has 0 aliphatic heterocycles. The van der Waals surface area contributed by atoms with Gasteiger partial charge in [-0.05, 0) is 37.5 Å². The van der Waals surface area contributed by atoms with E-state index in [9.17, 15) is 15.0 Å². The van der Waals surface area contributed by atoms with Crippen LogP contribution in [0.5, 0.6) is 11.5 Å². The first-order valence-corrected chi connectivity index (χ1v) is 6.63. The van der Waals surface area contributed by atoms with E-state index in [4.69, 9.17) is 4.74 Å². The van der Waals surface area contributed by atoms with Crippen LogP contribution in [0.15, 0.2) is 18.2 Å². The second-order valence-electron chi connectivity index (χ2n) is 4.88. The summed E-state index contributed by atoms with van der Waals surface area (Å²) in [5.74, 6) is -0.140. The van der Waals surface area contributed by atoms with Gasteiger partial charge in [-0.2, -0.15) is 0 Å². The highest BCUT2D eigenvalue weighted by Gasteiger charge is 2.17. The van der Waals surface area contributed by atoms with Crippen LogP contribution < -0.4 is 0 Å². The SMILES string of the molecule is CCC(C)CCOC(C)C(=O)c1ccc(O)c(O)c1. The summed E-state index contributed by atoms with van der Waals surface area (Å²) in [7, 11) is 0. The molecule has 4 heteroatoms. The molecule has 0 radical (unpaired) electrons. The summed E-state index contributed by atoms with van der Waals surface area (Å²) in [5.41, 5.74) is 0.339. The Bertz CT molecular complexity index is 428. The molecule has 0 heterocycles. The number of rotatable bonds is 7. The largest absolute Gasteiger partial charge is 0.504 e. The number of hydrogen-bond donors (Lipinski definition) is 2. The second kappa shape index (κ2) is 7.14. The lowest BCUT2D eigenvalue weighted by Crippen LogP contribution is -2.22. The maximum absolute atomic E-state index is 12.0. The molecule has 0 fully saturated rings. The molecule has 0 aliphatic carbocycles. The van der Waals surface area contributed by atoms with E-state index in [1.54, 1.807) is 6.92 Å². The fourth-order valence-electron chi connectivity index (χ4n) is 1.64. The van der Waals surface area contributed by atoms with Crippen LogP contribution in [0.25, 0.3) is 0 Å². The summed E-state index contributed by atoms with van der Waals surface area (Å²) in [5, 5.41) is 18.6. The molecule has 2 unspecified atom stereocenters. The Morgan fingerprint density at radius 3 is 2.53 bits per heavy atom. The molecule has 0 saturated carbocycles. The van der Waals surface area contributed by atoms with Gasteiger partial charge in [-0.25, -0.2) is 0 Å². The van der Waals surface area contributed by atoms with Gasteiger partial charge in [0.15, 0.2) is 17.3 Å². The van der Waals surface area contributed by atoms with Crippen LogP contribution in [0, 0.1) is 5.92 Å². The van der Waals surface area contributed by atoms with Gasteiger partial charge in [0.25, 0.3) is 0 Å². The quantitative estimate of drug-likeness (QED) is 0.588. The van der Waals surface area contributed by atoms with Crippen molar-refractivity contribution in [2.24, 2.45) is 5.92 Å². The van der Waals surface area contributed by atoms with Crippen LogP contribution in [-0.4, -0.2) is 28.7 Å². The molecule has 0 aliphatic rings. The van der Waals surface area contributed by atoms with E-state index in [0.717, 1.165) is 12.8 Å². The van der Waals surface area contributed by atoms with Crippen molar-refractivity contribution >= 4 is 5.78 Å². The van der Waals surface area contributed by atoms with Crippen LogP contribution in [0.4, 0.5) is 0 Å². The Morgan fingerprint density at radius 2 is 1.95 bits per heavy atom. The number of hydrogen-bond acceptors (Lipinski definition) is 4. The zero-order valence-corrected chi connectivity index (χ0v) is 11.7. The van der Waals surface area contributed by atoms with E-state index < -0.39 is 6.10 Å². The zero-order chi connectivity index (χ0) is 14.4. The maximum Gasteiger partial charge on any atom is 0.191 e. The monoisotopic (exact) mass is 266 g/mol. The number of ketones is 1. The zero-order valence-electron chi connectivity index (χ0n) is 11.7. The van der Waals surface area contributed by atoms with Gasteiger partial charge in [0, 0.05) is 12.2 Å². The van der Waals surface area contributed by atoms with Crippen molar-refractivity contribution in [1.82, 2.24) is 0 Å². The Kier molecular flexibility index (Phi) is 5.83. The van der Waals surface area contributed by atoms with Gasteiger partial charge in [-0.3, -0.25) is 4.79 Å². The summed E-state index contributed by atoms with van der Waals surface area (Å²) in [6.07, 6.45) is 1.47. The third kappa shape index (κ3) is 4.56. The van der Waals surface area contributed by atoms with E-state index in [1.807, 2.05) is 0 Å². The number of carbonyl (C=O) groups is 1. The van der Waals surface area contributed by atoms with Crippen molar-refractivity contribution in [2.45, 2.75) is 39.7 Å². The number of ether oxygens (including phenoxy) is 1. The highest BCUT2D eigenvalue weighted by atomic mass is 16.5. The molecule has 1 aromatic carbocycles. The van der Waals surface area contributed by atoms with E-state index in [2.05, 4.69) is 13.8 Å². The highest BCUT2D eigenvalue weighted by molar-refractivity contribution is 5.99. The van der Waals surface area contributed by atoms with Crippen molar-refractivity contribution in [3.05, 3.63) is 23.8 Å². The van der Waals surface area contributed by atoms with E-state index in [-0.39, 0.29) is 17.3 Å². The fourth-order valence-corrected chi connectivity index (χ4v) is 1.64. The molecule has 19 heavy (non-hydrogen) atoms. The third-order valence-electron chi connectivity index (χ3n) is 3.30. The molecule has 0 aromatic heterocycles. The molecule has 0 saturated heterocycles. The van der Waals surface area contributed by atoms with Crippen molar-refractivity contribution in [2.75, 3.05) is 6.61 Å². The summed E-state index contributed by atoms with van der Waals surface area (Å²) in [4.78, 5) is 12.0. The van der Waals surface area contributed by atoms with Gasteiger partial charge in [-0.15, -0.1) is 0 Å². The molecule has 2 atom stereocenters. The van der Waals surface area contributed by atoms with Gasteiger partial charge in [0.05, 0.1) is 0 Å². The van der Waals surface area contributed by atoms with Crippen LogP contribution in [0.3, 0.4) is 0 Å². The number of phenols is 2. The molecule has 2 N–H and O–H groups in total. The van der Waals surface area contributed by atoms with Crippen LogP contribution in [0.1, 0.15) is 44.0 Å². The predicted octanol–water partition coefficient (Wildman–Crippen LogP) is 3.12. The van der Waals surface area contributed by atoms with Crippen molar-refractivity contribution < 1.29 is 19.7 Å². The Morgan fingerprint density at radius 1 is 1.26 bits per heavy atom. The molecular weight excluding hydrogens is 244 g/mol. The van der Waals surface area contributed by atoms with E-state index in [1.165, 1.54) is 18.2 Å². The lowest BCUT2D eigenvalue weighted by molar-refractivity contribution is 0.0436. The fraction of sp³-hybridized carbons (Fsp3) is 0.533. The highest BCUT2D eigenvalue weighted by Crippen LogP contribution is 2.25. The van der Waals surface area contributed by atoms with Crippen LogP contribution in [-0.2, 0) is 4.74 Å². The minimum absolute atomic E-state index is 0.195. The average molecular weight is 266 g/mol. The van der Waals surface area contributed by atoms with Gasteiger partial charge in [-0.1, -0.05) is 20.3 Å². The molecule has 0 amide bonds. The van der Waals surface area contributed by atoms with Gasteiger partial charge in [0.2, 0.25) is 0 Å². The van der Waals surface area contributed by atoms with Gasteiger partial charge < -0.3 is 14.9 Å². The first-order chi connectivity index (χ1) is 8.95. The second-order valence-corrected chi connectivity index (χ2v) is 4.88. The molecular formula is C15H22O4. The van der Waals surface area contributed by atoms with Crippen LogP contribution in [0.2, 0.25) is 0 Å². The minimum atomic E-state index is -0.548. The Balaban J connectivity index is 2.54. The molecule has 1 aromatic rings. The Labute approximate surface area is 114 Å². The standard InChI is InChI=1S/C15H22O4/c1-4-10(2)7-8-19-11(3)15(18)12-5-6-13(16)14(17)9-12/h5-6,9-11,16-17H,4,7-8H2,1-3H3. The van der Waals surface area contributed by atoms with Gasteiger partial charge in [0.1, 0.15) is 6.10 Å². The van der Waals surface area contributed by atoms with Crippen LogP contribution >= 0.6 is 0 Å². The summed E-state index contributed by atoms with van der Waals surface area (Å²) >= 11 is 0. The smallest absolute Gasteiger partial charge is 0.191 e. The topological polar surface area (TPSA) is 66.8 Å². The van der Waals surface area contributed by atoms with Crippen molar-refractivity contribution in [3.8, 4) is 11.5 Å². The lowest BCUT2D eigenvalue weighted by atomic mass is 10.1. The summed E-state index contributed by atoms with van der Waals surface area (Å²) in [6.45, 7) is 6.52. The average Bonchev–Trinajstić information content (AvgIpc) is 2.40. The Hall–Kier alpha value is -1.55. The number of benzene rings is 1. The predicted molar refractivity (Wildman–Crippen MR) is 73.6 cm³/mol. The number of phenolic OH excluding ortho intramolecular Hbond substituents is 2. The molecule has 4 nitrogen and oxygen atoms in total. The lowest BCUT2D eigenvalue weighted by Gasteiger charge is -2.14. The normalized spacial score (nSPS) is 14.1. The van der Waals surface area contributed by atoms with E-state index in [0.29, 0.717) is 18.1 Å². The third-order valence-corrected chi connectivity index (χ3v) is 3.30. The van der Waals surface area contributed by atoms with Gasteiger partial charge >= 0.3 is 0 Å². The molecule has 106 valence electrons. The molecule has 0 spiro atoms. The summed E-state index contributed by atoms with van der Waals surface area (Å²) in [6, 6.07) is 4.03. The molecule has 0 bridgehead atoms. The molecule has 1 rings (SSSR count). The minimum Gasteiger partial charge on any atom is -0.504 e. The number of carbonyl (C=O) groups excluding carboxylic acids is 1. The van der Waals surface area contributed by atoms with Crippen molar-refractivity contribution in [3.63, 3.8) is 0 Å². The number of aromatic hydroxyl groups is 2.